The third-order valence-corrected chi connectivity index (χ3v) is 5.59. The van der Waals surface area contributed by atoms with E-state index in [0.717, 1.165) is 35.8 Å². The van der Waals surface area contributed by atoms with Crippen molar-refractivity contribution in [2.24, 2.45) is 0 Å². The molecule has 0 radical (unpaired) electrons. The van der Waals surface area contributed by atoms with Gasteiger partial charge >= 0.3 is 5.97 Å². The van der Waals surface area contributed by atoms with Crippen LogP contribution >= 0.6 is 0 Å². The van der Waals surface area contributed by atoms with Gasteiger partial charge in [0.1, 0.15) is 0 Å². The Bertz CT molecular complexity index is 933. The van der Waals surface area contributed by atoms with E-state index in [9.17, 15) is 18.3 Å². The number of anilines is 1. The fourth-order valence-electron chi connectivity index (χ4n) is 2.87. The van der Waals surface area contributed by atoms with Crippen LogP contribution in [-0.2, 0) is 9.84 Å². The molecule has 0 saturated heterocycles. The van der Waals surface area contributed by atoms with Gasteiger partial charge in [-0.05, 0) is 49.1 Å². The van der Waals surface area contributed by atoms with Gasteiger partial charge in [0.25, 0.3) is 0 Å². The van der Waals surface area contributed by atoms with Crippen molar-refractivity contribution < 1.29 is 18.3 Å². The molecule has 0 bridgehead atoms. The monoisotopic (exact) mass is 375 g/mol. The quantitative estimate of drug-likeness (QED) is 0.706. The number of sulfone groups is 1. The third-order valence-electron chi connectivity index (χ3n) is 4.47. The van der Waals surface area contributed by atoms with Gasteiger partial charge in [-0.3, -0.25) is 0 Å². The first-order chi connectivity index (χ1) is 12.2. The van der Waals surface area contributed by atoms with Crippen LogP contribution in [0.15, 0.2) is 35.2 Å². The summed E-state index contributed by atoms with van der Waals surface area (Å²) in [5.74, 6) is -1.15. The smallest absolute Gasteiger partial charge is 0.335 e. The zero-order valence-corrected chi connectivity index (χ0v) is 16.4. The lowest BCUT2D eigenvalue weighted by Gasteiger charge is -2.19. The van der Waals surface area contributed by atoms with Crippen molar-refractivity contribution in [3.05, 3.63) is 47.0 Å². The van der Waals surface area contributed by atoms with Crippen molar-refractivity contribution in [3.8, 4) is 11.1 Å². The first-order valence-electron chi connectivity index (χ1n) is 8.58. The summed E-state index contributed by atoms with van der Waals surface area (Å²) in [6, 6.07) is 8.49. The average molecular weight is 375 g/mol. The minimum Gasteiger partial charge on any atom is -0.478 e. The van der Waals surface area contributed by atoms with Crippen LogP contribution in [0.25, 0.3) is 11.1 Å². The van der Waals surface area contributed by atoms with Gasteiger partial charge in [0.05, 0.1) is 10.5 Å². The fourth-order valence-corrected chi connectivity index (χ4v) is 3.80. The van der Waals surface area contributed by atoms with Crippen LogP contribution in [0, 0.1) is 13.8 Å². The summed E-state index contributed by atoms with van der Waals surface area (Å²) in [5.41, 5.74) is 3.84. The van der Waals surface area contributed by atoms with Crippen molar-refractivity contribution in [3.63, 3.8) is 0 Å². The molecule has 2 aromatic rings. The molecule has 0 spiro atoms. The summed E-state index contributed by atoms with van der Waals surface area (Å²) in [5, 5.41) is 12.6. The summed E-state index contributed by atoms with van der Waals surface area (Å²) in [4.78, 5) is 11.5. The predicted molar refractivity (Wildman–Crippen MR) is 105 cm³/mol. The number of hydrogen-bond acceptors (Lipinski definition) is 4. The second-order valence-electron chi connectivity index (χ2n) is 6.50. The van der Waals surface area contributed by atoms with Crippen LogP contribution in [0.3, 0.4) is 0 Å². The molecule has 2 N–H and O–H groups in total. The number of aryl methyl sites for hydroxylation is 1. The van der Waals surface area contributed by atoms with Crippen LogP contribution in [0.5, 0.6) is 0 Å². The number of unbranched alkanes of at least 4 members (excludes halogenated alkanes) is 1. The standard InChI is InChI=1S/C20H25NO4S/c1-5-6-10-21-17-11-15(20(22)23)12-18(26(4,24)25)19(17)16-9-7-8-13(2)14(16)3/h7-9,11-12,21H,5-6,10H2,1-4H3,(H,22,23). The normalized spacial score (nSPS) is 11.4. The van der Waals surface area contributed by atoms with Crippen molar-refractivity contribution in [1.29, 1.82) is 0 Å². The Labute approximate surface area is 155 Å². The molecule has 0 heterocycles. The number of carboxylic acids is 1. The minimum absolute atomic E-state index is 0.0325. The SMILES string of the molecule is CCCCNc1cc(C(=O)O)cc(S(C)(=O)=O)c1-c1cccc(C)c1C. The fraction of sp³-hybridized carbons (Fsp3) is 0.350. The van der Waals surface area contributed by atoms with Crippen LogP contribution < -0.4 is 5.32 Å². The molecular formula is C20H25NO4S. The Morgan fingerprint density at radius 1 is 1.19 bits per heavy atom. The average Bonchev–Trinajstić information content (AvgIpc) is 2.56. The number of rotatable bonds is 7. The lowest BCUT2D eigenvalue weighted by atomic mass is 9.94. The highest BCUT2D eigenvalue weighted by Crippen LogP contribution is 2.38. The summed E-state index contributed by atoms with van der Waals surface area (Å²) in [6.45, 7) is 6.61. The number of benzene rings is 2. The van der Waals surface area contributed by atoms with Crippen LogP contribution in [0.2, 0.25) is 0 Å². The molecule has 0 saturated carbocycles. The first kappa shape index (κ1) is 20.0. The third kappa shape index (κ3) is 4.25. The second-order valence-corrected chi connectivity index (χ2v) is 8.49. The Kier molecular flexibility index (Phi) is 6.08. The van der Waals surface area contributed by atoms with Crippen molar-refractivity contribution in [1.82, 2.24) is 0 Å². The molecule has 2 rings (SSSR count). The van der Waals surface area contributed by atoms with Crippen molar-refractivity contribution in [2.75, 3.05) is 18.1 Å². The van der Waals surface area contributed by atoms with Crippen LogP contribution in [0.4, 0.5) is 5.69 Å². The topological polar surface area (TPSA) is 83.5 Å². The van der Waals surface area contributed by atoms with Gasteiger partial charge in [-0.15, -0.1) is 0 Å². The van der Waals surface area contributed by atoms with Crippen molar-refractivity contribution >= 4 is 21.5 Å². The molecule has 0 atom stereocenters. The highest BCUT2D eigenvalue weighted by molar-refractivity contribution is 7.90. The number of hydrogen-bond donors (Lipinski definition) is 2. The van der Waals surface area contributed by atoms with Crippen LogP contribution in [-0.4, -0.2) is 32.3 Å². The van der Waals surface area contributed by atoms with E-state index in [4.69, 9.17) is 0 Å². The Morgan fingerprint density at radius 2 is 1.88 bits per heavy atom. The van der Waals surface area contributed by atoms with E-state index in [1.807, 2.05) is 32.0 Å². The minimum atomic E-state index is -3.62. The Balaban J connectivity index is 2.84. The first-order valence-corrected chi connectivity index (χ1v) is 10.5. The van der Waals surface area contributed by atoms with Gasteiger partial charge in [0.15, 0.2) is 9.84 Å². The van der Waals surface area contributed by atoms with E-state index in [1.54, 1.807) is 0 Å². The molecule has 0 unspecified atom stereocenters. The number of carbonyl (C=O) groups is 1. The Morgan fingerprint density at radius 3 is 2.46 bits per heavy atom. The van der Waals surface area contributed by atoms with E-state index >= 15 is 0 Å². The van der Waals surface area contributed by atoms with E-state index < -0.39 is 15.8 Å². The molecule has 2 aromatic carbocycles. The predicted octanol–water partition coefficient (Wildman–Crippen LogP) is 4.28. The highest BCUT2D eigenvalue weighted by atomic mass is 32.2. The molecule has 0 aromatic heterocycles. The van der Waals surface area contributed by atoms with Crippen molar-refractivity contribution in [2.45, 2.75) is 38.5 Å². The molecule has 0 aliphatic heterocycles. The molecule has 0 fully saturated rings. The van der Waals surface area contributed by atoms with Gasteiger partial charge in [-0.1, -0.05) is 31.5 Å². The molecule has 0 aliphatic carbocycles. The van der Waals surface area contributed by atoms with E-state index in [1.165, 1.54) is 12.1 Å². The van der Waals surface area contributed by atoms with E-state index in [-0.39, 0.29) is 10.5 Å². The van der Waals surface area contributed by atoms with Gasteiger partial charge in [-0.25, -0.2) is 13.2 Å². The van der Waals surface area contributed by atoms with Gasteiger partial charge in [-0.2, -0.15) is 0 Å². The molecule has 0 amide bonds. The molecule has 140 valence electrons. The molecule has 5 nitrogen and oxygen atoms in total. The lowest BCUT2D eigenvalue weighted by molar-refractivity contribution is 0.0696. The zero-order valence-electron chi connectivity index (χ0n) is 15.6. The van der Waals surface area contributed by atoms with Crippen LogP contribution in [0.1, 0.15) is 41.3 Å². The molecular weight excluding hydrogens is 350 g/mol. The maximum Gasteiger partial charge on any atom is 0.335 e. The summed E-state index contributed by atoms with van der Waals surface area (Å²) >= 11 is 0. The Hall–Kier alpha value is -2.34. The maximum atomic E-state index is 12.5. The highest BCUT2D eigenvalue weighted by Gasteiger charge is 2.23. The number of aromatic carboxylic acids is 1. The summed E-state index contributed by atoms with van der Waals surface area (Å²) in [6.07, 6.45) is 2.99. The van der Waals surface area contributed by atoms with E-state index in [0.29, 0.717) is 17.8 Å². The van der Waals surface area contributed by atoms with Gasteiger partial charge in [0.2, 0.25) is 0 Å². The van der Waals surface area contributed by atoms with Gasteiger partial charge in [0, 0.05) is 24.1 Å². The maximum absolute atomic E-state index is 12.5. The molecule has 0 aliphatic rings. The summed E-state index contributed by atoms with van der Waals surface area (Å²) in [7, 11) is -3.62. The number of carboxylic acid groups (broad SMARTS) is 1. The van der Waals surface area contributed by atoms with E-state index in [2.05, 4.69) is 12.2 Å². The largest absolute Gasteiger partial charge is 0.478 e. The number of nitrogens with one attached hydrogen (secondary N) is 1. The summed E-state index contributed by atoms with van der Waals surface area (Å²) < 4.78 is 24.9. The zero-order chi connectivity index (χ0) is 19.5. The molecule has 26 heavy (non-hydrogen) atoms. The second kappa shape index (κ2) is 7.91. The molecule has 6 heteroatoms. The lowest BCUT2D eigenvalue weighted by Crippen LogP contribution is -2.10. The van der Waals surface area contributed by atoms with Gasteiger partial charge < -0.3 is 10.4 Å².